The van der Waals surface area contributed by atoms with E-state index in [-0.39, 0.29) is 59.9 Å². The summed E-state index contributed by atoms with van der Waals surface area (Å²) in [5.41, 5.74) is 3.15. The second-order valence-electron chi connectivity index (χ2n) is 12.5. The van der Waals surface area contributed by atoms with Crippen LogP contribution in [0.3, 0.4) is 0 Å². The number of rotatable bonds is 7. The van der Waals surface area contributed by atoms with Crippen molar-refractivity contribution in [2.24, 2.45) is 0 Å². The molecular weight excluding hydrogens is 516 g/mol. The van der Waals surface area contributed by atoms with Crippen molar-refractivity contribution in [3.05, 3.63) is 46.5 Å². The van der Waals surface area contributed by atoms with Gasteiger partial charge in [-0.1, -0.05) is 58.8 Å². The number of hydrogen-bond donors (Lipinski definition) is 6. The van der Waals surface area contributed by atoms with E-state index >= 15 is 0 Å². The number of phenols is 4. The molecule has 0 aromatic heterocycles. The van der Waals surface area contributed by atoms with Gasteiger partial charge in [0.05, 0.1) is 0 Å². The fourth-order valence-corrected chi connectivity index (χ4v) is 6.77. The van der Waals surface area contributed by atoms with Crippen LogP contribution in [0.4, 0.5) is 0 Å². The van der Waals surface area contributed by atoms with Gasteiger partial charge in [0, 0.05) is 24.3 Å². The lowest BCUT2D eigenvalue weighted by atomic mass is 9.83. The standard InChI is InChI=1S/C35H54O6/c1-24-13-6-4-8-15-27(17-11-19-37)35-32(40)22-29(23-33(35)41)25(2)12-5-3-7-14-26(16-9-10-18-36)34-30(38)20-28(24)21-31(34)39/h20-27,36-41H,3-19H2,1-2H3/t24-,25-,26-,27-/m1/s1. The average molecular weight is 571 g/mol. The third-order valence-electron chi connectivity index (χ3n) is 9.32. The Labute approximate surface area is 247 Å². The van der Waals surface area contributed by atoms with E-state index in [1.165, 1.54) is 0 Å². The minimum Gasteiger partial charge on any atom is -0.508 e. The normalized spacial score (nSPS) is 23.2. The van der Waals surface area contributed by atoms with E-state index in [1.807, 2.05) is 24.3 Å². The third kappa shape index (κ3) is 9.54. The molecular formula is C35H54O6. The first-order chi connectivity index (χ1) is 19.8. The minimum absolute atomic E-state index is 0.00597. The molecule has 0 unspecified atom stereocenters. The Bertz CT molecular complexity index is 1020. The van der Waals surface area contributed by atoms with Crippen LogP contribution in [0.1, 0.15) is 156 Å². The molecule has 0 heterocycles. The quantitative estimate of drug-likeness (QED) is 0.186. The first kappa shape index (κ1) is 33.1. The molecule has 41 heavy (non-hydrogen) atoms. The maximum absolute atomic E-state index is 11.0. The molecule has 0 aliphatic heterocycles. The lowest BCUT2D eigenvalue weighted by Gasteiger charge is -2.23. The number of phenolic OH excluding ortho intramolecular Hbond substituents is 4. The Morgan fingerprint density at radius 1 is 0.512 bits per heavy atom. The molecule has 6 N–H and O–H groups in total. The molecule has 0 radical (unpaired) electrons. The van der Waals surface area contributed by atoms with Gasteiger partial charge in [0.15, 0.2) is 0 Å². The number of hydrogen-bond acceptors (Lipinski definition) is 6. The highest BCUT2D eigenvalue weighted by molar-refractivity contribution is 5.50. The van der Waals surface area contributed by atoms with Gasteiger partial charge in [0.25, 0.3) is 0 Å². The monoisotopic (exact) mass is 570 g/mol. The molecule has 6 heteroatoms. The number of aliphatic hydroxyl groups excluding tert-OH is 2. The largest absolute Gasteiger partial charge is 0.508 e. The predicted octanol–water partition coefficient (Wildman–Crippen LogP) is 8.43. The Balaban J connectivity index is 1.84. The molecule has 0 amide bonds. The van der Waals surface area contributed by atoms with Gasteiger partial charge in [-0.05, 0) is 110 Å². The first-order valence-electron chi connectivity index (χ1n) is 16.1. The fourth-order valence-electron chi connectivity index (χ4n) is 6.77. The Kier molecular flexibility index (Phi) is 13.6. The molecule has 0 saturated heterocycles. The van der Waals surface area contributed by atoms with Crippen LogP contribution in [0.15, 0.2) is 24.3 Å². The summed E-state index contributed by atoms with van der Waals surface area (Å²) in [6, 6.07) is 7.33. The van der Waals surface area contributed by atoms with Crippen molar-refractivity contribution < 1.29 is 30.6 Å². The van der Waals surface area contributed by atoms with Crippen molar-refractivity contribution in [3.63, 3.8) is 0 Å². The highest BCUT2D eigenvalue weighted by Gasteiger charge is 2.24. The smallest absolute Gasteiger partial charge is 0.123 e. The lowest BCUT2D eigenvalue weighted by molar-refractivity contribution is 0.276. The van der Waals surface area contributed by atoms with Crippen molar-refractivity contribution in [2.75, 3.05) is 13.2 Å². The zero-order valence-electron chi connectivity index (χ0n) is 25.3. The third-order valence-corrected chi connectivity index (χ3v) is 9.32. The Hall–Kier alpha value is -2.44. The fraction of sp³-hybridized carbons (Fsp3) is 0.657. The molecule has 230 valence electrons. The number of benzene rings is 2. The Morgan fingerprint density at radius 2 is 0.878 bits per heavy atom. The van der Waals surface area contributed by atoms with Gasteiger partial charge >= 0.3 is 0 Å². The van der Waals surface area contributed by atoms with E-state index in [9.17, 15) is 30.6 Å². The van der Waals surface area contributed by atoms with Crippen molar-refractivity contribution in [1.29, 1.82) is 0 Å². The zero-order chi connectivity index (χ0) is 29.8. The lowest BCUT2D eigenvalue weighted by Crippen LogP contribution is -2.05. The molecule has 0 spiro atoms. The van der Waals surface area contributed by atoms with Crippen LogP contribution in [-0.2, 0) is 0 Å². The molecule has 2 aromatic rings. The van der Waals surface area contributed by atoms with E-state index in [2.05, 4.69) is 13.8 Å². The summed E-state index contributed by atoms with van der Waals surface area (Å²) in [5.74, 6) is 1.13. The van der Waals surface area contributed by atoms with Gasteiger partial charge in [-0.3, -0.25) is 0 Å². The van der Waals surface area contributed by atoms with Crippen LogP contribution in [-0.4, -0.2) is 43.9 Å². The molecule has 6 nitrogen and oxygen atoms in total. The maximum Gasteiger partial charge on any atom is 0.123 e. The summed E-state index contributed by atoms with van der Waals surface area (Å²) >= 11 is 0. The van der Waals surface area contributed by atoms with Crippen molar-refractivity contribution in [1.82, 2.24) is 0 Å². The highest BCUT2D eigenvalue weighted by Crippen LogP contribution is 2.44. The van der Waals surface area contributed by atoms with Gasteiger partial charge in [-0.25, -0.2) is 0 Å². The summed E-state index contributed by atoms with van der Waals surface area (Å²) in [6.07, 6.45) is 13.2. The maximum atomic E-state index is 11.0. The van der Waals surface area contributed by atoms with Gasteiger partial charge in [0.2, 0.25) is 0 Å². The summed E-state index contributed by atoms with van der Waals surface area (Å²) in [7, 11) is 0. The van der Waals surface area contributed by atoms with E-state index in [1.54, 1.807) is 0 Å². The van der Waals surface area contributed by atoms with Gasteiger partial charge in [0.1, 0.15) is 23.0 Å². The summed E-state index contributed by atoms with van der Waals surface area (Å²) in [5, 5.41) is 62.8. The first-order valence-corrected chi connectivity index (χ1v) is 16.1. The van der Waals surface area contributed by atoms with E-state index in [0.717, 1.165) is 94.6 Å². The van der Waals surface area contributed by atoms with Crippen LogP contribution in [0.5, 0.6) is 23.0 Å². The second kappa shape index (κ2) is 16.9. The van der Waals surface area contributed by atoms with E-state index < -0.39 is 0 Å². The summed E-state index contributed by atoms with van der Waals surface area (Å²) < 4.78 is 0. The van der Waals surface area contributed by atoms with Gasteiger partial charge in [-0.15, -0.1) is 0 Å². The zero-order valence-corrected chi connectivity index (χ0v) is 25.3. The van der Waals surface area contributed by atoms with Crippen LogP contribution >= 0.6 is 0 Å². The van der Waals surface area contributed by atoms with Crippen LogP contribution in [0.2, 0.25) is 0 Å². The summed E-state index contributed by atoms with van der Waals surface area (Å²) in [6.45, 7) is 4.50. The van der Waals surface area contributed by atoms with Crippen LogP contribution in [0.25, 0.3) is 0 Å². The van der Waals surface area contributed by atoms with E-state index in [4.69, 9.17) is 0 Å². The van der Waals surface area contributed by atoms with Gasteiger partial charge in [-0.2, -0.15) is 0 Å². The molecule has 4 aliphatic rings. The van der Waals surface area contributed by atoms with Crippen LogP contribution < -0.4 is 0 Å². The Morgan fingerprint density at radius 3 is 1.27 bits per heavy atom. The molecule has 4 bridgehead atoms. The van der Waals surface area contributed by atoms with Crippen LogP contribution in [0, 0.1) is 0 Å². The molecule has 4 atom stereocenters. The van der Waals surface area contributed by atoms with Gasteiger partial charge < -0.3 is 30.6 Å². The number of aliphatic hydroxyl groups is 2. The molecule has 0 fully saturated rings. The number of aromatic hydroxyl groups is 4. The molecule has 0 saturated carbocycles. The average Bonchev–Trinajstić information content (AvgIpc) is 2.93. The molecule has 6 rings (SSSR count). The van der Waals surface area contributed by atoms with Crippen molar-refractivity contribution >= 4 is 0 Å². The number of unbranched alkanes of at least 4 members (excludes halogenated alkanes) is 1. The van der Waals surface area contributed by atoms with Crippen molar-refractivity contribution in [2.45, 2.75) is 134 Å². The van der Waals surface area contributed by atoms with Crippen molar-refractivity contribution in [3.8, 4) is 23.0 Å². The molecule has 4 aliphatic carbocycles. The van der Waals surface area contributed by atoms with E-state index in [0.29, 0.717) is 24.0 Å². The highest BCUT2D eigenvalue weighted by atomic mass is 16.3. The predicted molar refractivity (Wildman–Crippen MR) is 165 cm³/mol. The summed E-state index contributed by atoms with van der Waals surface area (Å²) in [4.78, 5) is 0. The SMILES string of the molecule is C[C@@H]1CCCCC[C@H](CCCCO)c2c(O)cc(cc2O)[C@H](C)CCCCC[C@H](CCCO)c2c(O)cc1cc2O. The molecule has 2 aromatic carbocycles. The topological polar surface area (TPSA) is 121 Å². The second-order valence-corrected chi connectivity index (χ2v) is 12.5. The minimum atomic E-state index is -0.00597.